The number of carboxylic acid groups (broad SMARTS) is 2. The molecule has 0 saturated carbocycles. The highest BCUT2D eigenvalue weighted by Gasteiger charge is 2.30. The third-order valence-electron chi connectivity index (χ3n) is 6.19. The van der Waals surface area contributed by atoms with Gasteiger partial charge in [-0.3, -0.25) is 9.59 Å². The second-order valence-electron chi connectivity index (χ2n) is 8.45. The molecule has 172 valence electrons. The highest BCUT2D eigenvalue weighted by molar-refractivity contribution is 5.74. The average molecular weight is 429 g/mol. The van der Waals surface area contributed by atoms with Crippen LogP contribution in [0.3, 0.4) is 0 Å². The zero-order valence-corrected chi connectivity index (χ0v) is 17.6. The molecule has 0 spiro atoms. The third kappa shape index (κ3) is 7.44. The molecule has 3 heterocycles. The van der Waals surface area contributed by atoms with Gasteiger partial charge in [-0.25, -0.2) is 0 Å². The van der Waals surface area contributed by atoms with Crippen LogP contribution in [-0.4, -0.2) is 122 Å². The van der Waals surface area contributed by atoms with Crippen LogP contribution in [0.5, 0.6) is 0 Å². The Balaban J connectivity index is 1.16. The number of piperazine rings is 1. The first-order valence-corrected chi connectivity index (χ1v) is 11.1. The van der Waals surface area contributed by atoms with E-state index in [1.807, 2.05) is 0 Å². The fraction of sp³-hybridized carbons (Fsp3) is 0.900. The van der Waals surface area contributed by atoms with Gasteiger partial charge in [-0.1, -0.05) is 0 Å². The van der Waals surface area contributed by atoms with Crippen molar-refractivity contribution in [3.63, 3.8) is 0 Å². The van der Waals surface area contributed by atoms with Crippen molar-refractivity contribution < 1.29 is 29.3 Å². The summed E-state index contributed by atoms with van der Waals surface area (Å²) >= 11 is 0. The SMILES string of the molecule is O=C(O)[C@@H]1C[C@H](OCCCN2CCN(CCCO[C@@H]3CN[C@H](C(=O)O)C3)CC2)CN1. The molecular weight excluding hydrogens is 392 g/mol. The minimum Gasteiger partial charge on any atom is -0.480 e. The molecule has 10 heteroatoms. The molecule has 30 heavy (non-hydrogen) atoms. The van der Waals surface area contributed by atoms with E-state index < -0.39 is 24.0 Å². The molecule has 3 aliphatic heterocycles. The third-order valence-corrected chi connectivity index (χ3v) is 6.19. The molecule has 4 atom stereocenters. The fourth-order valence-corrected chi connectivity index (χ4v) is 4.35. The van der Waals surface area contributed by atoms with Gasteiger partial charge in [0.2, 0.25) is 0 Å². The molecule has 4 N–H and O–H groups in total. The maximum atomic E-state index is 10.9. The van der Waals surface area contributed by atoms with Gasteiger partial charge in [-0.2, -0.15) is 0 Å². The number of hydrogen-bond acceptors (Lipinski definition) is 8. The van der Waals surface area contributed by atoms with E-state index in [9.17, 15) is 9.59 Å². The number of carbonyl (C=O) groups is 2. The normalized spacial score (nSPS) is 30.7. The van der Waals surface area contributed by atoms with Crippen molar-refractivity contribution >= 4 is 11.9 Å². The van der Waals surface area contributed by atoms with Crippen LogP contribution in [0.15, 0.2) is 0 Å². The van der Waals surface area contributed by atoms with Gasteiger partial charge in [0.15, 0.2) is 0 Å². The Hall–Kier alpha value is -1.30. The molecule has 3 saturated heterocycles. The topological polar surface area (TPSA) is 124 Å². The Morgan fingerprint density at radius 3 is 1.50 bits per heavy atom. The van der Waals surface area contributed by atoms with E-state index in [0.717, 1.165) is 52.1 Å². The predicted octanol–water partition coefficient (Wildman–Crippen LogP) is -0.952. The van der Waals surface area contributed by atoms with Crippen molar-refractivity contribution in [1.82, 2.24) is 20.4 Å². The summed E-state index contributed by atoms with van der Waals surface area (Å²) in [6, 6.07) is -0.935. The molecular formula is C20H36N4O6. The van der Waals surface area contributed by atoms with Crippen molar-refractivity contribution in [1.29, 1.82) is 0 Å². The Bertz CT molecular complexity index is 509. The molecule has 0 aromatic heterocycles. The van der Waals surface area contributed by atoms with Gasteiger partial charge >= 0.3 is 11.9 Å². The summed E-state index contributed by atoms with van der Waals surface area (Å²) in [6.45, 7) is 8.84. The maximum Gasteiger partial charge on any atom is 0.320 e. The highest BCUT2D eigenvalue weighted by Crippen LogP contribution is 2.12. The molecule has 0 bridgehead atoms. The predicted molar refractivity (Wildman–Crippen MR) is 110 cm³/mol. The molecule has 3 aliphatic rings. The monoisotopic (exact) mass is 428 g/mol. The number of ether oxygens (including phenoxy) is 2. The van der Waals surface area contributed by atoms with Crippen LogP contribution in [0, 0.1) is 0 Å². The quantitative estimate of drug-likeness (QED) is 0.289. The molecule has 3 rings (SSSR count). The Morgan fingerprint density at radius 2 is 1.17 bits per heavy atom. The van der Waals surface area contributed by atoms with E-state index in [4.69, 9.17) is 19.7 Å². The van der Waals surface area contributed by atoms with E-state index in [-0.39, 0.29) is 12.2 Å². The molecule has 0 aliphatic carbocycles. The Labute approximate surface area is 177 Å². The lowest BCUT2D eigenvalue weighted by Crippen LogP contribution is -2.47. The van der Waals surface area contributed by atoms with Gasteiger partial charge in [0, 0.05) is 78.4 Å². The van der Waals surface area contributed by atoms with Crippen molar-refractivity contribution in [2.24, 2.45) is 0 Å². The van der Waals surface area contributed by atoms with Crippen LogP contribution in [0.4, 0.5) is 0 Å². The molecule has 3 fully saturated rings. The van der Waals surface area contributed by atoms with Crippen molar-refractivity contribution in [2.45, 2.75) is 50.0 Å². The number of nitrogens with one attached hydrogen (secondary N) is 2. The Morgan fingerprint density at radius 1 is 0.767 bits per heavy atom. The molecule has 0 aromatic carbocycles. The summed E-state index contributed by atoms with van der Waals surface area (Å²) in [5.74, 6) is -1.60. The zero-order valence-electron chi connectivity index (χ0n) is 17.6. The van der Waals surface area contributed by atoms with Crippen LogP contribution in [0.2, 0.25) is 0 Å². The van der Waals surface area contributed by atoms with Crippen LogP contribution < -0.4 is 10.6 Å². The second-order valence-corrected chi connectivity index (χ2v) is 8.45. The smallest absolute Gasteiger partial charge is 0.320 e. The number of aliphatic carboxylic acids is 2. The number of rotatable bonds is 12. The summed E-state index contributed by atoms with van der Waals surface area (Å²) in [7, 11) is 0. The van der Waals surface area contributed by atoms with Crippen molar-refractivity contribution in [3.05, 3.63) is 0 Å². The standard InChI is InChI=1S/C20H36N4O6/c25-19(26)17-11-15(13-21-17)29-9-1-3-23-5-7-24(8-6-23)4-2-10-30-16-12-18(20(27)28)22-14-16/h15-18,21-22H,1-14H2,(H,25,26)(H,27,28)/t15-,16-,17-,18-/m0/s1. The minimum absolute atomic E-state index is 0.0141. The van der Waals surface area contributed by atoms with Gasteiger partial charge < -0.3 is 40.1 Å². The van der Waals surface area contributed by atoms with Crippen LogP contribution in [0.1, 0.15) is 25.7 Å². The van der Waals surface area contributed by atoms with E-state index in [2.05, 4.69) is 20.4 Å². The number of carboxylic acids is 2. The van der Waals surface area contributed by atoms with Crippen LogP contribution in [0.25, 0.3) is 0 Å². The van der Waals surface area contributed by atoms with E-state index in [1.165, 1.54) is 0 Å². The second kappa shape index (κ2) is 11.9. The molecule has 0 aromatic rings. The summed E-state index contributed by atoms with van der Waals surface area (Å²) < 4.78 is 11.6. The molecule has 10 nitrogen and oxygen atoms in total. The lowest BCUT2D eigenvalue weighted by molar-refractivity contribution is -0.140. The highest BCUT2D eigenvalue weighted by atomic mass is 16.5. The van der Waals surface area contributed by atoms with Gasteiger partial charge in [-0.15, -0.1) is 0 Å². The van der Waals surface area contributed by atoms with E-state index in [1.54, 1.807) is 0 Å². The lowest BCUT2D eigenvalue weighted by Gasteiger charge is -2.34. The van der Waals surface area contributed by atoms with Crippen LogP contribution in [-0.2, 0) is 19.1 Å². The Kier molecular flexibility index (Phi) is 9.28. The molecule has 0 amide bonds. The van der Waals surface area contributed by atoms with Gasteiger partial charge in [0.1, 0.15) is 12.1 Å². The first-order chi connectivity index (χ1) is 14.5. The maximum absolute atomic E-state index is 10.9. The van der Waals surface area contributed by atoms with Gasteiger partial charge in [0.05, 0.1) is 12.2 Å². The summed E-state index contributed by atoms with van der Waals surface area (Å²) in [5, 5.41) is 23.9. The lowest BCUT2D eigenvalue weighted by atomic mass is 10.2. The summed E-state index contributed by atoms with van der Waals surface area (Å²) in [6.07, 6.45) is 3.06. The number of hydrogen-bond donors (Lipinski definition) is 4. The average Bonchev–Trinajstić information content (AvgIpc) is 3.39. The molecule has 0 radical (unpaired) electrons. The summed E-state index contributed by atoms with van der Waals surface area (Å²) in [5.41, 5.74) is 0. The van der Waals surface area contributed by atoms with Crippen LogP contribution >= 0.6 is 0 Å². The first kappa shape index (κ1) is 23.4. The van der Waals surface area contributed by atoms with Gasteiger partial charge in [-0.05, 0) is 12.8 Å². The van der Waals surface area contributed by atoms with E-state index in [0.29, 0.717) is 39.1 Å². The van der Waals surface area contributed by atoms with E-state index >= 15 is 0 Å². The summed E-state index contributed by atoms with van der Waals surface area (Å²) in [4.78, 5) is 26.8. The fourth-order valence-electron chi connectivity index (χ4n) is 4.35. The first-order valence-electron chi connectivity index (χ1n) is 11.1. The van der Waals surface area contributed by atoms with Crippen molar-refractivity contribution in [3.8, 4) is 0 Å². The number of nitrogens with zero attached hydrogens (tertiary/aromatic N) is 2. The van der Waals surface area contributed by atoms with Crippen molar-refractivity contribution in [2.75, 3.05) is 65.6 Å². The minimum atomic E-state index is -0.798. The molecule has 0 unspecified atom stereocenters. The largest absolute Gasteiger partial charge is 0.480 e. The zero-order chi connectivity index (χ0) is 21.3. The van der Waals surface area contributed by atoms with Gasteiger partial charge in [0.25, 0.3) is 0 Å².